The predicted octanol–water partition coefficient (Wildman–Crippen LogP) is 2.09. The van der Waals surface area contributed by atoms with E-state index in [1.54, 1.807) is 15.8 Å². The first-order chi connectivity index (χ1) is 9.89. The molecule has 2 aromatic rings. The van der Waals surface area contributed by atoms with Gasteiger partial charge in [-0.25, -0.2) is 0 Å². The highest BCUT2D eigenvalue weighted by atomic mass is 16.5. The standard InChI is InChI=1S/C15H21N3O/c1-17(2)11-12-19-15(13-7-5-4-6-8-13)14-9-10-16-18(14)3/h4-10,15H,11-12H2,1-3H3/i12D2. The molecule has 19 heavy (non-hydrogen) atoms. The Morgan fingerprint density at radius 2 is 2.05 bits per heavy atom. The van der Waals surface area contributed by atoms with Crippen LogP contribution in [0.15, 0.2) is 42.6 Å². The Labute approximate surface area is 117 Å². The van der Waals surface area contributed by atoms with E-state index in [2.05, 4.69) is 5.10 Å². The zero-order chi connectivity index (χ0) is 15.5. The molecule has 0 fully saturated rings. The second kappa shape index (κ2) is 6.50. The van der Waals surface area contributed by atoms with E-state index < -0.39 is 12.7 Å². The Hall–Kier alpha value is -1.65. The van der Waals surface area contributed by atoms with Crippen LogP contribution in [0.2, 0.25) is 0 Å². The number of ether oxygens (including phenoxy) is 1. The molecule has 0 aliphatic carbocycles. The molecular weight excluding hydrogens is 238 g/mol. The molecule has 0 radical (unpaired) electrons. The zero-order valence-corrected chi connectivity index (χ0v) is 11.6. The van der Waals surface area contributed by atoms with Gasteiger partial charge in [-0.1, -0.05) is 30.3 Å². The molecule has 0 bridgehead atoms. The quantitative estimate of drug-likeness (QED) is 0.797. The molecule has 0 amide bonds. The van der Waals surface area contributed by atoms with E-state index in [0.29, 0.717) is 0 Å². The lowest BCUT2D eigenvalue weighted by atomic mass is 10.1. The maximum Gasteiger partial charge on any atom is 0.124 e. The summed E-state index contributed by atoms with van der Waals surface area (Å²) in [6, 6.07) is 11.5. The second-order valence-electron chi connectivity index (χ2n) is 4.67. The lowest BCUT2D eigenvalue weighted by Crippen LogP contribution is -2.20. The van der Waals surface area contributed by atoms with Crippen LogP contribution in [-0.4, -0.2) is 41.9 Å². The van der Waals surface area contributed by atoms with Crippen molar-refractivity contribution in [2.24, 2.45) is 7.05 Å². The Balaban J connectivity index is 2.32. The molecule has 102 valence electrons. The topological polar surface area (TPSA) is 30.3 Å². The van der Waals surface area contributed by atoms with Gasteiger partial charge in [0.2, 0.25) is 0 Å². The van der Waals surface area contributed by atoms with Crippen molar-refractivity contribution in [3.05, 3.63) is 53.9 Å². The number of hydrogen-bond donors (Lipinski definition) is 0. The Morgan fingerprint density at radius 1 is 1.32 bits per heavy atom. The number of hydrogen-bond acceptors (Lipinski definition) is 3. The molecular formula is C15H21N3O. The van der Waals surface area contributed by atoms with Crippen molar-refractivity contribution in [1.82, 2.24) is 14.7 Å². The molecule has 1 aromatic heterocycles. The lowest BCUT2D eigenvalue weighted by Gasteiger charge is -2.20. The van der Waals surface area contributed by atoms with Crippen LogP contribution in [-0.2, 0) is 11.8 Å². The summed E-state index contributed by atoms with van der Waals surface area (Å²) in [6.45, 7) is -1.57. The number of nitrogens with zero attached hydrogens (tertiary/aromatic N) is 3. The Kier molecular flexibility index (Phi) is 3.83. The van der Waals surface area contributed by atoms with Crippen molar-refractivity contribution in [2.45, 2.75) is 6.10 Å². The minimum Gasteiger partial charge on any atom is -0.366 e. The minimum absolute atomic E-state index is 0.189. The van der Waals surface area contributed by atoms with E-state index in [0.717, 1.165) is 11.3 Å². The summed E-state index contributed by atoms with van der Waals surface area (Å²) >= 11 is 0. The molecule has 0 aliphatic rings. The average molecular weight is 261 g/mol. The smallest absolute Gasteiger partial charge is 0.124 e. The summed E-state index contributed by atoms with van der Waals surface area (Å²) < 4.78 is 23.7. The van der Waals surface area contributed by atoms with Crippen molar-refractivity contribution in [2.75, 3.05) is 27.2 Å². The van der Waals surface area contributed by atoms with Gasteiger partial charge < -0.3 is 9.64 Å². The number of aryl methyl sites for hydroxylation is 1. The van der Waals surface area contributed by atoms with Crippen LogP contribution in [0.3, 0.4) is 0 Å². The molecule has 4 nitrogen and oxygen atoms in total. The molecule has 2 rings (SSSR count). The third-order valence-electron chi connectivity index (χ3n) is 2.81. The first-order valence-corrected chi connectivity index (χ1v) is 6.24. The van der Waals surface area contributed by atoms with Gasteiger partial charge in [0.1, 0.15) is 6.10 Å². The molecule has 1 atom stereocenters. The fraction of sp³-hybridized carbons (Fsp3) is 0.400. The summed E-state index contributed by atoms with van der Waals surface area (Å²) in [5.74, 6) is 0. The summed E-state index contributed by atoms with van der Waals surface area (Å²) in [6.07, 6.45) is 1.20. The first-order valence-electron chi connectivity index (χ1n) is 7.24. The van der Waals surface area contributed by atoms with E-state index in [4.69, 9.17) is 7.48 Å². The molecule has 0 N–H and O–H groups in total. The number of aromatic nitrogens is 2. The van der Waals surface area contributed by atoms with Crippen LogP contribution in [0.5, 0.6) is 0 Å². The van der Waals surface area contributed by atoms with E-state index in [-0.39, 0.29) is 6.54 Å². The van der Waals surface area contributed by atoms with Gasteiger partial charge in [0.05, 0.1) is 15.0 Å². The predicted molar refractivity (Wildman–Crippen MR) is 76.0 cm³/mol. The first kappa shape index (κ1) is 11.2. The molecule has 0 aliphatic heterocycles. The third kappa shape index (κ3) is 3.66. The van der Waals surface area contributed by atoms with Gasteiger partial charge in [0.15, 0.2) is 0 Å². The van der Waals surface area contributed by atoms with Crippen molar-refractivity contribution >= 4 is 0 Å². The Morgan fingerprint density at radius 3 is 2.63 bits per heavy atom. The van der Waals surface area contributed by atoms with Crippen LogP contribution < -0.4 is 0 Å². The third-order valence-corrected chi connectivity index (χ3v) is 2.81. The molecule has 0 saturated carbocycles. The second-order valence-corrected chi connectivity index (χ2v) is 4.67. The minimum atomic E-state index is -1.76. The molecule has 4 heteroatoms. The summed E-state index contributed by atoms with van der Waals surface area (Å²) in [7, 11) is 5.47. The van der Waals surface area contributed by atoms with Crippen LogP contribution in [0, 0.1) is 0 Å². The van der Waals surface area contributed by atoms with Crippen molar-refractivity contribution in [3.8, 4) is 0 Å². The van der Waals surface area contributed by atoms with Gasteiger partial charge in [-0.05, 0) is 25.7 Å². The number of likely N-dealkylation sites (N-methyl/N-ethyl adjacent to an activating group) is 1. The number of rotatable bonds is 6. The van der Waals surface area contributed by atoms with Crippen molar-refractivity contribution in [1.29, 1.82) is 0 Å². The molecule has 1 aromatic carbocycles. The maximum atomic E-state index is 8.08. The fourth-order valence-corrected chi connectivity index (χ4v) is 1.82. The lowest BCUT2D eigenvalue weighted by molar-refractivity contribution is 0.0638. The van der Waals surface area contributed by atoms with Crippen molar-refractivity contribution < 1.29 is 7.48 Å². The van der Waals surface area contributed by atoms with Crippen LogP contribution in [0.4, 0.5) is 0 Å². The summed E-state index contributed by atoms with van der Waals surface area (Å²) in [5.41, 5.74) is 1.73. The molecule has 1 heterocycles. The van der Waals surface area contributed by atoms with E-state index in [1.165, 1.54) is 0 Å². The largest absolute Gasteiger partial charge is 0.366 e. The van der Waals surface area contributed by atoms with E-state index >= 15 is 0 Å². The van der Waals surface area contributed by atoms with Crippen LogP contribution in [0.1, 0.15) is 20.1 Å². The normalized spacial score (nSPS) is 15.2. The van der Waals surface area contributed by atoms with E-state index in [9.17, 15) is 0 Å². The molecule has 0 spiro atoms. The van der Waals surface area contributed by atoms with Gasteiger partial charge in [-0.3, -0.25) is 4.68 Å². The van der Waals surface area contributed by atoms with Gasteiger partial charge >= 0.3 is 0 Å². The fourth-order valence-electron chi connectivity index (χ4n) is 1.82. The maximum absolute atomic E-state index is 8.08. The molecule has 0 saturated heterocycles. The van der Waals surface area contributed by atoms with Crippen LogP contribution >= 0.6 is 0 Å². The number of benzene rings is 1. The summed E-state index contributed by atoms with van der Waals surface area (Å²) in [5, 5.41) is 4.16. The molecule has 1 unspecified atom stereocenters. The van der Waals surface area contributed by atoms with Crippen LogP contribution in [0.25, 0.3) is 0 Å². The highest BCUT2D eigenvalue weighted by molar-refractivity contribution is 5.25. The van der Waals surface area contributed by atoms with Gasteiger partial charge in [0.25, 0.3) is 0 Å². The highest BCUT2D eigenvalue weighted by Gasteiger charge is 2.17. The van der Waals surface area contributed by atoms with Crippen molar-refractivity contribution in [3.63, 3.8) is 0 Å². The monoisotopic (exact) mass is 261 g/mol. The Bertz CT molecular complexity index is 569. The SMILES string of the molecule is [2H]C([2H])(CN(C)C)OC(c1ccccc1)c1ccnn1C. The van der Waals surface area contributed by atoms with E-state index in [1.807, 2.05) is 57.5 Å². The zero-order valence-electron chi connectivity index (χ0n) is 13.6. The highest BCUT2D eigenvalue weighted by Crippen LogP contribution is 2.25. The van der Waals surface area contributed by atoms with Gasteiger partial charge in [-0.2, -0.15) is 5.10 Å². The van der Waals surface area contributed by atoms with Gasteiger partial charge in [-0.15, -0.1) is 0 Å². The summed E-state index contributed by atoms with van der Waals surface area (Å²) in [4.78, 5) is 1.77. The average Bonchev–Trinajstić information content (AvgIpc) is 2.82. The van der Waals surface area contributed by atoms with Gasteiger partial charge in [0, 0.05) is 19.8 Å².